The van der Waals surface area contributed by atoms with Crippen molar-refractivity contribution in [3.8, 4) is 11.5 Å². The highest BCUT2D eigenvalue weighted by Crippen LogP contribution is 2.26. The molecular formula is C15H14N2O2. The minimum atomic E-state index is 0.0795. The molecule has 0 bridgehead atoms. The zero-order valence-electron chi connectivity index (χ0n) is 10.2. The van der Waals surface area contributed by atoms with E-state index in [0.29, 0.717) is 0 Å². The van der Waals surface area contributed by atoms with Crippen molar-refractivity contribution in [3.05, 3.63) is 59.7 Å². The fourth-order valence-electron chi connectivity index (χ4n) is 2.21. The van der Waals surface area contributed by atoms with E-state index in [9.17, 15) is 10.2 Å². The molecular weight excluding hydrogens is 240 g/mol. The Kier molecular flexibility index (Phi) is 2.83. The molecule has 1 aliphatic heterocycles. The Morgan fingerprint density at radius 2 is 1.79 bits per heavy atom. The van der Waals surface area contributed by atoms with Crippen LogP contribution in [-0.4, -0.2) is 15.9 Å². The van der Waals surface area contributed by atoms with Gasteiger partial charge in [-0.1, -0.05) is 12.1 Å². The van der Waals surface area contributed by atoms with E-state index in [0.717, 1.165) is 23.3 Å². The summed E-state index contributed by atoms with van der Waals surface area (Å²) < 4.78 is 0. The summed E-state index contributed by atoms with van der Waals surface area (Å²) in [6, 6.07) is 14.3. The summed E-state index contributed by atoms with van der Waals surface area (Å²) in [5.74, 6) is 0.511. The zero-order valence-corrected chi connectivity index (χ0v) is 10.2. The predicted octanol–water partition coefficient (Wildman–Crippen LogP) is 2.54. The molecule has 2 aromatic carbocycles. The van der Waals surface area contributed by atoms with Gasteiger partial charge in [-0.2, -0.15) is 5.10 Å². The fraction of sp³-hybridized carbons (Fsp3) is 0.133. The molecule has 3 N–H and O–H groups in total. The number of rotatable bonds is 2. The number of nitrogens with zero attached hydrogens (tertiary/aromatic N) is 1. The van der Waals surface area contributed by atoms with Crippen LogP contribution in [0.4, 0.5) is 0 Å². The van der Waals surface area contributed by atoms with Gasteiger partial charge in [0, 0.05) is 6.42 Å². The SMILES string of the molecule is Oc1ccc(C2=NNC(c3cccc(O)c3)C2)cc1. The smallest absolute Gasteiger partial charge is 0.115 e. The van der Waals surface area contributed by atoms with E-state index in [1.807, 2.05) is 24.3 Å². The number of benzene rings is 2. The molecule has 0 saturated heterocycles. The van der Waals surface area contributed by atoms with E-state index < -0.39 is 0 Å². The van der Waals surface area contributed by atoms with Gasteiger partial charge in [0.2, 0.25) is 0 Å². The van der Waals surface area contributed by atoms with E-state index >= 15 is 0 Å². The molecule has 0 saturated carbocycles. The molecule has 0 amide bonds. The normalized spacial score (nSPS) is 17.9. The van der Waals surface area contributed by atoms with E-state index in [1.165, 1.54) is 0 Å². The lowest BCUT2D eigenvalue weighted by molar-refractivity contribution is 0.472. The third kappa shape index (κ3) is 2.38. The Morgan fingerprint density at radius 1 is 1.00 bits per heavy atom. The van der Waals surface area contributed by atoms with E-state index in [-0.39, 0.29) is 17.5 Å². The van der Waals surface area contributed by atoms with Gasteiger partial charge in [-0.05, 0) is 47.5 Å². The molecule has 1 atom stereocenters. The lowest BCUT2D eigenvalue weighted by atomic mass is 9.99. The number of aromatic hydroxyl groups is 2. The van der Waals surface area contributed by atoms with Crippen LogP contribution in [0.25, 0.3) is 0 Å². The lowest BCUT2D eigenvalue weighted by Gasteiger charge is -2.10. The van der Waals surface area contributed by atoms with Gasteiger partial charge in [0.15, 0.2) is 0 Å². The first-order valence-electron chi connectivity index (χ1n) is 6.13. The molecule has 0 spiro atoms. The molecule has 1 unspecified atom stereocenters. The van der Waals surface area contributed by atoms with Gasteiger partial charge in [-0.15, -0.1) is 0 Å². The van der Waals surface area contributed by atoms with Gasteiger partial charge in [-0.3, -0.25) is 0 Å². The minimum Gasteiger partial charge on any atom is -0.508 e. The molecule has 0 aromatic heterocycles. The monoisotopic (exact) mass is 254 g/mol. The Hall–Kier alpha value is -2.49. The predicted molar refractivity (Wildman–Crippen MR) is 73.2 cm³/mol. The summed E-state index contributed by atoms with van der Waals surface area (Å²) >= 11 is 0. The summed E-state index contributed by atoms with van der Waals surface area (Å²) in [5, 5.41) is 23.1. The third-order valence-electron chi connectivity index (χ3n) is 3.23. The standard InChI is InChI=1S/C15H14N2O2/c18-12-6-4-10(5-7-12)14-9-15(17-16-14)11-2-1-3-13(19)8-11/h1-8,15,17-19H,9H2. The van der Waals surface area contributed by atoms with Crippen molar-refractivity contribution in [2.45, 2.75) is 12.5 Å². The molecule has 4 heteroatoms. The molecule has 3 rings (SSSR count). The molecule has 19 heavy (non-hydrogen) atoms. The van der Waals surface area contributed by atoms with Crippen molar-refractivity contribution in [2.75, 3.05) is 0 Å². The van der Waals surface area contributed by atoms with Crippen molar-refractivity contribution >= 4 is 5.71 Å². The van der Waals surface area contributed by atoms with E-state index in [2.05, 4.69) is 10.5 Å². The summed E-state index contributed by atoms with van der Waals surface area (Å²) in [7, 11) is 0. The Bertz CT molecular complexity index is 620. The van der Waals surface area contributed by atoms with Gasteiger partial charge >= 0.3 is 0 Å². The van der Waals surface area contributed by atoms with Crippen LogP contribution < -0.4 is 5.43 Å². The molecule has 0 radical (unpaired) electrons. The van der Waals surface area contributed by atoms with Gasteiger partial charge in [0.1, 0.15) is 11.5 Å². The second-order valence-corrected chi connectivity index (χ2v) is 4.59. The fourth-order valence-corrected chi connectivity index (χ4v) is 2.21. The Morgan fingerprint density at radius 3 is 2.53 bits per heavy atom. The van der Waals surface area contributed by atoms with E-state index in [1.54, 1.807) is 24.3 Å². The molecule has 1 heterocycles. The van der Waals surface area contributed by atoms with Crippen molar-refractivity contribution in [1.29, 1.82) is 0 Å². The molecule has 0 aliphatic carbocycles. The van der Waals surface area contributed by atoms with Crippen molar-refractivity contribution in [2.24, 2.45) is 5.10 Å². The van der Waals surface area contributed by atoms with Crippen LogP contribution in [0.5, 0.6) is 11.5 Å². The van der Waals surface area contributed by atoms with Gasteiger partial charge in [0.25, 0.3) is 0 Å². The average Bonchev–Trinajstić information content (AvgIpc) is 2.89. The summed E-state index contributed by atoms with van der Waals surface area (Å²) in [4.78, 5) is 0. The minimum absolute atomic E-state index is 0.0795. The number of hydrazone groups is 1. The molecule has 2 aromatic rings. The highest BCUT2D eigenvalue weighted by molar-refractivity contribution is 6.01. The van der Waals surface area contributed by atoms with Crippen LogP contribution in [0, 0.1) is 0 Å². The highest BCUT2D eigenvalue weighted by Gasteiger charge is 2.21. The van der Waals surface area contributed by atoms with Crippen LogP contribution in [0.3, 0.4) is 0 Å². The summed E-state index contributed by atoms with van der Waals surface area (Å²) in [6.45, 7) is 0. The largest absolute Gasteiger partial charge is 0.508 e. The first kappa shape index (κ1) is 11.6. The van der Waals surface area contributed by atoms with Crippen LogP contribution in [-0.2, 0) is 0 Å². The first-order valence-corrected chi connectivity index (χ1v) is 6.13. The topological polar surface area (TPSA) is 64.9 Å². The maximum atomic E-state index is 9.49. The van der Waals surface area contributed by atoms with Crippen LogP contribution >= 0.6 is 0 Å². The lowest BCUT2D eigenvalue weighted by Crippen LogP contribution is -2.09. The van der Waals surface area contributed by atoms with Gasteiger partial charge in [0.05, 0.1) is 11.8 Å². The second kappa shape index (κ2) is 4.65. The Labute approximate surface area is 111 Å². The van der Waals surface area contributed by atoms with Crippen LogP contribution in [0.2, 0.25) is 0 Å². The first-order chi connectivity index (χ1) is 9.22. The Balaban J connectivity index is 1.78. The number of hydrogen-bond donors (Lipinski definition) is 3. The maximum Gasteiger partial charge on any atom is 0.115 e. The second-order valence-electron chi connectivity index (χ2n) is 4.59. The zero-order chi connectivity index (χ0) is 13.2. The highest BCUT2D eigenvalue weighted by atomic mass is 16.3. The van der Waals surface area contributed by atoms with E-state index in [4.69, 9.17) is 0 Å². The van der Waals surface area contributed by atoms with Crippen LogP contribution in [0.15, 0.2) is 53.6 Å². The number of phenols is 2. The molecule has 96 valence electrons. The molecule has 1 aliphatic rings. The third-order valence-corrected chi connectivity index (χ3v) is 3.23. The number of nitrogens with one attached hydrogen (secondary N) is 1. The number of phenolic OH excluding ortho intramolecular Hbond substituents is 2. The summed E-state index contributed by atoms with van der Waals surface area (Å²) in [5.41, 5.74) is 6.03. The van der Waals surface area contributed by atoms with Crippen molar-refractivity contribution in [3.63, 3.8) is 0 Å². The molecule has 4 nitrogen and oxygen atoms in total. The van der Waals surface area contributed by atoms with Crippen molar-refractivity contribution < 1.29 is 10.2 Å². The quantitative estimate of drug-likeness (QED) is 0.771. The maximum absolute atomic E-state index is 9.49. The van der Waals surface area contributed by atoms with Gasteiger partial charge in [-0.25, -0.2) is 0 Å². The molecule has 0 fully saturated rings. The van der Waals surface area contributed by atoms with Crippen LogP contribution in [0.1, 0.15) is 23.6 Å². The summed E-state index contributed by atoms with van der Waals surface area (Å²) in [6.07, 6.45) is 0.758. The number of hydrogen-bond acceptors (Lipinski definition) is 4. The average molecular weight is 254 g/mol. The van der Waals surface area contributed by atoms with Gasteiger partial charge < -0.3 is 15.6 Å². The van der Waals surface area contributed by atoms with Crippen molar-refractivity contribution in [1.82, 2.24) is 5.43 Å².